The molecule has 0 aromatic heterocycles. The number of nitriles is 1. The van der Waals surface area contributed by atoms with E-state index in [0.29, 0.717) is 11.1 Å². The predicted molar refractivity (Wildman–Crippen MR) is 60.6 cm³/mol. The second-order valence-electron chi connectivity index (χ2n) is 3.55. The van der Waals surface area contributed by atoms with Gasteiger partial charge >= 0.3 is 0 Å². The SMILES string of the molecule is CN(C)NS(=O)(=O)Cc1ccc(C#N)cc1. The highest BCUT2D eigenvalue weighted by molar-refractivity contribution is 7.88. The van der Waals surface area contributed by atoms with Gasteiger partial charge in [0.15, 0.2) is 0 Å². The van der Waals surface area contributed by atoms with E-state index in [4.69, 9.17) is 5.26 Å². The molecule has 0 aliphatic carbocycles. The van der Waals surface area contributed by atoms with Gasteiger partial charge in [-0.15, -0.1) is 4.83 Å². The fourth-order valence-corrected chi connectivity index (χ4v) is 2.46. The van der Waals surface area contributed by atoms with Gasteiger partial charge in [-0.25, -0.2) is 13.4 Å². The summed E-state index contributed by atoms with van der Waals surface area (Å²) in [6, 6.07) is 8.44. The summed E-state index contributed by atoms with van der Waals surface area (Å²) in [6.45, 7) is 0. The lowest BCUT2D eigenvalue weighted by atomic mass is 10.2. The number of hydrogen-bond donors (Lipinski definition) is 1. The topological polar surface area (TPSA) is 73.2 Å². The number of hydrazine groups is 1. The van der Waals surface area contributed by atoms with Crippen molar-refractivity contribution >= 4 is 10.0 Å². The second kappa shape index (κ2) is 5.07. The van der Waals surface area contributed by atoms with Gasteiger partial charge in [-0.3, -0.25) is 0 Å². The molecule has 6 heteroatoms. The smallest absolute Gasteiger partial charge is 0.228 e. The first-order valence-corrected chi connectivity index (χ1v) is 6.24. The fourth-order valence-electron chi connectivity index (χ4n) is 1.21. The van der Waals surface area contributed by atoms with E-state index in [2.05, 4.69) is 4.83 Å². The monoisotopic (exact) mass is 239 g/mol. The van der Waals surface area contributed by atoms with Crippen molar-refractivity contribution in [1.29, 1.82) is 5.26 Å². The summed E-state index contributed by atoms with van der Waals surface area (Å²) in [4.78, 5) is 2.34. The van der Waals surface area contributed by atoms with Gasteiger partial charge in [-0.2, -0.15) is 5.26 Å². The normalized spacial score (nSPS) is 11.4. The Balaban J connectivity index is 2.77. The first-order chi connectivity index (χ1) is 7.43. The molecule has 0 heterocycles. The van der Waals surface area contributed by atoms with Crippen molar-refractivity contribution in [3.05, 3.63) is 35.4 Å². The van der Waals surface area contributed by atoms with Crippen molar-refractivity contribution in [2.75, 3.05) is 14.1 Å². The van der Waals surface area contributed by atoms with Crippen LogP contribution in [0, 0.1) is 11.3 Å². The summed E-state index contributed by atoms with van der Waals surface area (Å²) in [5.74, 6) is -0.100. The van der Waals surface area contributed by atoms with Crippen LogP contribution in [0.2, 0.25) is 0 Å². The van der Waals surface area contributed by atoms with Crippen LogP contribution in [0.1, 0.15) is 11.1 Å². The molecule has 0 saturated heterocycles. The summed E-state index contributed by atoms with van der Waals surface area (Å²) in [5.41, 5.74) is 1.16. The minimum Gasteiger partial charge on any atom is -0.237 e. The molecule has 1 rings (SSSR count). The molecule has 0 aliphatic heterocycles. The molecule has 0 atom stereocenters. The van der Waals surface area contributed by atoms with Gasteiger partial charge in [0.05, 0.1) is 17.4 Å². The van der Waals surface area contributed by atoms with E-state index in [-0.39, 0.29) is 5.75 Å². The lowest BCUT2D eigenvalue weighted by Crippen LogP contribution is -2.36. The average molecular weight is 239 g/mol. The van der Waals surface area contributed by atoms with Crippen molar-refractivity contribution in [3.8, 4) is 6.07 Å². The summed E-state index contributed by atoms with van der Waals surface area (Å²) in [7, 11) is -0.146. The maximum atomic E-state index is 11.5. The highest BCUT2D eigenvalue weighted by Gasteiger charge is 2.11. The molecule has 0 spiro atoms. The van der Waals surface area contributed by atoms with E-state index in [0.717, 1.165) is 0 Å². The molecule has 0 saturated carbocycles. The Morgan fingerprint density at radius 3 is 2.31 bits per heavy atom. The number of nitrogens with one attached hydrogen (secondary N) is 1. The third kappa shape index (κ3) is 3.98. The Kier molecular flexibility index (Phi) is 4.01. The number of hydrogen-bond acceptors (Lipinski definition) is 4. The van der Waals surface area contributed by atoms with Crippen LogP contribution in [-0.4, -0.2) is 27.5 Å². The van der Waals surface area contributed by atoms with E-state index in [1.54, 1.807) is 38.4 Å². The van der Waals surface area contributed by atoms with Gasteiger partial charge in [0.2, 0.25) is 10.0 Å². The third-order valence-electron chi connectivity index (χ3n) is 1.76. The van der Waals surface area contributed by atoms with Gasteiger partial charge in [0.25, 0.3) is 0 Å². The molecule has 0 aliphatic rings. The van der Waals surface area contributed by atoms with Crippen LogP contribution in [0.25, 0.3) is 0 Å². The van der Waals surface area contributed by atoms with Crippen LogP contribution in [0.4, 0.5) is 0 Å². The highest BCUT2D eigenvalue weighted by atomic mass is 32.2. The maximum absolute atomic E-state index is 11.5. The molecule has 0 fully saturated rings. The van der Waals surface area contributed by atoms with E-state index in [1.165, 1.54) is 5.01 Å². The standard InChI is InChI=1S/C10H13N3O2S/c1-13(2)12-16(14,15)8-10-5-3-9(7-11)4-6-10/h3-6,12H,8H2,1-2H3. The average Bonchev–Trinajstić information content (AvgIpc) is 2.16. The van der Waals surface area contributed by atoms with E-state index in [9.17, 15) is 8.42 Å². The van der Waals surface area contributed by atoms with Gasteiger partial charge in [0, 0.05) is 14.1 Å². The molecule has 0 unspecified atom stereocenters. The Bertz CT molecular complexity index is 486. The minimum absolute atomic E-state index is 0.100. The largest absolute Gasteiger partial charge is 0.237 e. The fraction of sp³-hybridized carbons (Fsp3) is 0.300. The zero-order valence-electron chi connectivity index (χ0n) is 9.14. The van der Waals surface area contributed by atoms with Gasteiger partial charge in [-0.1, -0.05) is 12.1 Å². The van der Waals surface area contributed by atoms with Crippen LogP contribution in [-0.2, 0) is 15.8 Å². The molecule has 1 N–H and O–H groups in total. The second-order valence-corrected chi connectivity index (χ2v) is 5.25. The highest BCUT2D eigenvalue weighted by Crippen LogP contribution is 2.07. The van der Waals surface area contributed by atoms with Crippen molar-refractivity contribution < 1.29 is 8.42 Å². The van der Waals surface area contributed by atoms with Gasteiger partial charge in [0.1, 0.15) is 0 Å². The molecular formula is C10H13N3O2S. The zero-order valence-corrected chi connectivity index (χ0v) is 9.95. The lowest BCUT2D eigenvalue weighted by Gasteiger charge is -2.12. The first kappa shape index (κ1) is 12.6. The molecule has 1 aromatic rings. The zero-order chi connectivity index (χ0) is 12.2. The minimum atomic E-state index is -3.36. The van der Waals surface area contributed by atoms with Gasteiger partial charge in [-0.05, 0) is 17.7 Å². The van der Waals surface area contributed by atoms with E-state index in [1.807, 2.05) is 6.07 Å². The number of benzene rings is 1. The van der Waals surface area contributed by atoms with Crippen LogP contribution in [0.3, 0.4) is 0 Å². The van der Waals surface area contributed by atoms with Gasteiger partial charge < -0.3 is 0 Å². The van der Waals surface area contributed by atoms with Crippen molar-refractivity contribution in [1.82, 2.24) is 9.84 Å². The van der Waals surface area contributed by atoms with Crippen LogP contribution >= 0.6 is 0 Å². The Hall–Kier alpha value is -1.42. The lowest BCUT2D eigenvalue weighted by molar-refractivity contribution is 0.363. The third-order valence-corrected chi connectivity index (χ3v) is 3.12. The van der Waals surface area contributed by atoms with Crippen molar-refractivity contribution in [3.63, 3.8) is 0 Å². The molecule has 1 aromatic carbocycles. The van der Waals surface area contributed by atoms with Crippen LogP contribution < -0.4 is 4.83 Å². The molecule has 0 radical (unpaired) electrons. The summed E-state index contributed by atoms with van der Waals surface area (Å²) >= 11 is 0. The van der Waals surface area contributed by atoms with E-state index < -0.39 is 10.0 Å². The predicted octanol–water partition coefficient (Wildman–Crippen LogP) is 0.454. The Morgan fingerprint density at radius 1 is 1.31 bits per heavy atom. The van der Waals surface area contributed by atoms with Crippen molar-refractivity contribution in [2.45, 2.75) is 5.75 Å². The van der Waals surface area contributed by atoms with E-state index >= 15 is 0 Å². The summed E-state index contributed by atoms with van der Waals surface area (Å²) in [5, 5.41) is 9.97. The Labute approximate surface area is 95.3 Å². The van der Waals surface area contributed by atoms with Crippen molar-refractivity contribution in [2.24, 2.45) is 0 Å². The number of rotatable bonds is 4. The molecule has 5 nitrogen and oxygen atoms in total. The summed E-state index contributed by atoms with van der Waals surface area (Å²) in [6.07, 6.45) is 0. The maximum Gasteiger partial charge on any atom is 0.228 e. The molecule has 16 heavy (non-hydrogen) atoms. The Morgan fingerprint density at radius 2 is 1.88 bits per heavy atom. The molecule has 86 valence electrons. The first-order valence-electron chi connectivity index (χ1n) is 4.59. The van der Waals surface area contributed by atoms with Crippen LogP contribution in [0.15, 0.2) is 24.3 Å². The quantitative estimate of drug-likeness (QED) is 0.774. The molecule has 0 bridgehead atoms. The molecule has 0 amide bonds. The summed E-state index contributed by atoms with van der Waals surface area (Å²) < 4.78 is 23.1. The number of nitrogens with zero attached hydrogens (tertiary/aromatic N) is 2. The molecular weight excluding hydrogens is 226 g/mol. The number of sulfonamides is 1. The van der Waals surface area contributed by atoms with Crippen LogP contribution in [0.5, 0.6) is 0 Å².